The smallest absolute Gasteiger partial charge is 0.344 e. The van der Waals surface area contributed by atoms with Crippen molar-refractivity contribution in [3.05, 3.63) is 29.6 Å². The van der Waals surface area contributed by atoms with E-state index in [4.69, 9.17) is 5.11 Å². The number of ether oxygens (including phenoxy) is 1. The van der Waals surface area contributed by atoms with Crippen molar-refractivity contribution in [1.82, 2.24) is 0 Å². The van der Waals surface area contributed by atoms with Crippen LogP contribution < -0.4 is 0 Å². The Morgan fingerprint density at radius 1 is 1.54 bits per heavy atom. The zero-order chi connectivity index (χ0) is 9.84. The lowest BCUT2D eigenvalue weighted by molar-refractivity contribution is 0.0321. The highest BCUT2D eigenvalue weighted by molar-refractivity contribution is 5.92. The average molecular weight is 188 g/mol. The molecule has 13 heavy (non-hydrogen) atoms. The summed E-state index contributed by atoms with van der Waals surface area (Å²) in [4.78, 5) is 10.8. The van der Waals surface area contributed by atoms with E-state index in [1.54, 1.807) is 0 Å². The minimum atomic E-state index is -1.28. The van der Waals surface area contributed by atoms with Crippen molar-refractivity contribution in [2.75, 3.05) is 6.86 Å². The van der Waals surface area contributed by atoms with Gasteiger partial charge in [-0.15, -0.1) is 0 Å². The third-order valence-electron chi connectivity index (χ3n) is 1.37. The second-order valence-electron chi connectivity index (χ2n) is 2.20. The maximum absolute atomic E-state index is 12.4. The fourth-order valence-electron chi connectivity index (χ4n) is 0.805. The van der Waals surface area contributed by atoms with Gasteiger partial charge in [0.05, 0.1) is 0 Å². The number of phenols is 1. The molecule has 0 aliphatic rings. The van der Waals surface area contributed by atoms with E-state index >= 15 is 0 Å². The van der Waals surface area contributed by atoms with Gasteiger partial charge in [-0.25, -0.2) is 13.6 Å². The van der Waals surface area contributed by atoms with Gasteiger partial charge in [-0.3, -0.25) is 0 Å². The van der Waals surface area contributed by atoms with Gasteiger partial charge in [0, 0.05) is 6.07 Å². The Kier molecular flexibility index (Phi) is 2.79. The Morgan fingerprint density at radius 3 is 2.77 bits per heavy atom. The summed E-state index contributed by atoms with van der Waals surface area (Å²) in [6, 6.07) is 2.73. The van der Waals surface area contributed by atoms with Crippen LogP contribution in [0.2, 0.25) is 0 Å². The first-order chi connectivity index (χ1) is 6.15. The number of halogens is 2. The largest absolute Gasteiger partial charge is 0.507 e. The second-order valence-corrected chi connectivity index (χ2v) is 2.20. The van der Waals surface area contributed by atoms with Crippen LogP contribution >= 0.6 is 0 Å². The van der Waals surface area contributed by atoms with Crippen molar-refractivity contribution in [2.45, 2.75) is 0 Å². The van der Waals surface area contributed by atoms with Crippen LogP contribution in [0, 0.1) is 5.82 Å². The lowest BCUT2D eigenvalue weighted by Gasteiger charge is -2.02. The lowest BCUT2D eigenvalue weighted by Crippen LogP contribution is -2.04. The Bertz CT molecular complexity index is 325. The highest BCUT2D eigenvalue weighted by atomic mass is 19.1. The topological polar surface area (TPSA) is 46.5 Å². The molecule has 0 heterocycles. The molecule has 0 saturated heterocycles. The van der Waals surface area contributed by atoms with Crippen molar-refractivity contribution in [3.8, 4) is 5.75 Å². The van der Waals surface area contributed by atoms with Gasteiger partial charge >= 0.3 is 5.97 Å². The van der Waals surface area contributed by atoms with Gasteiger partial charge in [0.25, 0.3) is 0 Å². The average Bonchev–Trinajstić information content (AvgIpc) is 2.04. The Hall–Kier alpha value is -1.65. The molecule has 0 saturated carbocycles. The van der Waals surface area contributed by atoms with Gasteiger partial charge in [-0.05, 0) is 12.1 Å². The molecule has 0 aliphatic heterocycles. The van der Waals surface area contributed by atoms with Crippen LogP contribution in [0.5, 0.6) is 5.75 Å². The quantitative estimate of drug-likeness (QED) is 0.717. The molecule has 1 aromatic rings. The normalized spacial score (nSPS) is 9.69. The highest BCUT2D eigenvalue weighted by Crippen LogP contribution is 2.18. The number of hydrogen-bond acceptors (Lipinski definition) is 3. The number of rotatable bonds is 2. The van der Waals surface area contributed by atoms with Crippen molar-refractivity contribution in [1.29, 1.82) is 0 Å². The van der Waals surface area contributed by atoms with Crippen LogP contribution in [0.25, 0.3) is 0 Å². The molecule has 0 unspecified atom stereocenters. The van der Waals surface area contributed by atoms with Gasteiger partial charge in [0.1, 0.15) is 17.1 Å². The fraction of sp³-hybridized carbons (Fsp3) is 0.125. The number of phenolic OH excluding ortho intramolecular Hbond substituents is 1. The van der Waals surface area contributed by atoms with Crippen molar-refractivity contribution in [2.24, 2.45) is 0 Å². The van der Waals surface area contributed by atoms with E-state index in [2.05, 4.69) is 4.74 Å². The molecule has 0 amide bonds. The molecule has 0 aliphatic carbocycles. The number of carbonyl (C=O) groups excluding carboxylic acids is 1. The Morgan fingerprint density at radius 2 is 2.23 bits per heavy atom. The number of carbonyl (C=O) groups is 1. The van der Waals surface area contributed by atoms with E-state index in [0.717, 1.165) is 18.2 Å². The summed E-state index contributed by atoms with van der Waals surface area (Å²) in [5, 5.41) is 9.03. The third-order valence-corrected chi connectivity index (χ3v) is 1.37. The summed E-state index contributed by atoms with van der Waals surface area (Å²) >= 11 is 0. The van der Waals surface area contributed by atoms with Gasteiger partial charge in [0.2, 0.25) is 6.86 Å². The first kappa shape index (κ1) is 9.44. The van der Waals surface area contributed by atoms with Gasteiger partial charge < -0.3 is 9.84 Å². The molecule has 1 aromatic carbocycles. The molecule has 3 nitrogen and oxygen atoms in total. The van der Waals surface area contributed by atoms with Gasteiger partial charge in [-0.1, -0.05) is 0 Å². The van der Waals surface area contributed by atoms with Crippen molar-refractivity contribution in [3.63, 3.8) is 0 Å². The molecule has 0 spiro atoms. The summed E-state index contributed by atoms with van der Waals surface area (Å²) in [5.41, 5.74) is -0.265. The van der Waals surface area contributed by atoms with E-state index in [-0.39, 0.29) is 5.56 Å². The fourth-order valence-corrected chi connectivity index (χ4v) is 0.805. The molecule has 0 atom stereocenters. The molecule has 1 N–H and O–H groups in total. The Labute approximate surface area is 72.6 Å². The van der Waals surface area contributed by atoms with E-state index < -0.39 is 24.4 Å². The molecule has 70 valence electrons. The zero-order valence-corrected chi connectivity index (χ0v) is 6.46. The molecule has 0 bridgehead atoms. The molecule has 5 heteroatoms. The number of hydrogen-bond donors (Lipinski definition) is 1. The number of benzene rings is 1. The maximum atomic E-state index is 12.4. The Balaban J connectivity index is 2.95. The summed E-state index contributed by atoms with van der Waals surface area (Å²) in [7, 11) is 0. The van der Waals surface area contributed by atoms with Crippen LogP contribution in [0.15, 0.2) is 18.2 Å². The standard InChI is InChI=1S/C8H6F2O3/c9-4-13-8(12)6-2-1-5(10)3-7(6)11/h1-3,11H,4H2. The van der Waals surface area contributed by atoms with Crippen LogP contribution in [0.1, 0.15) is 10.4 Å². The molecule has 0 aromatic heterocycles. The molecule has 1 rings (SSSR count). The highest BCUT2D eigenvalue weighted by Gasteiger charge is 2.12. The predicted octanol–water partition coefficient (Wildman–Crippen LogP) is 1.62. The van der Waals surface area contributed by atoms with Gasteiger partial charge in [-0.2, -0.15) is 0 Å². The van der Waals surface area contributed by atoms with Crippen LogP contribution in [0.3, 0.4) is 0 Å². The zero-order valence-electron chi connectivity index (χ0n) is 6.46. The third kappa shape index (κ3) is 2.14. The number of alkyl halides is 1. The molecule has 0 radical (unpaired) electrons. The summed E-state index contributed by atoms with van der Waals surface area (Å²) in [6.45, 7) is -1.28. The maximum Gasteiger partial charge on any atom is 0.344 e. The summed E-state index contributed by atoms with van der Waals surface area (Å²) in [6.07, 6.45) is 0. The van der Waals surface area contributed by atoms with Crippen LogP contribution in [-0.4, -0.2) is 17.9 Å². The van der Waals surface area contributed by atoms with E-state index in [0.29, 0.717) is 0 Å². The first-order valence-electron chi connectivity index (χ1n) is 3.36. The monoisotopic (exact) mass is 188 g/mol. The van der Waals surface area contributed by atoms with Crippen LogP contribution in [-0.2, 0) is 4.74 Å². The SMILES string of the molecule is O=C(OCF)c1ccc(F)cc1O. The molecule has 0 fully saturated rings. The minimum absolute atomic E-state index is 0.265. The first-order valence-corrected chi connectivity index (χ1v) is 3.36. The molecular formula is C8H6F2O3. The van der Waals surface area contributed by atoms with Crippen LogP contribution in [0.4, 0.5) is 8.78 Å². The van der Waals surface area contributed by atoms with Gasteiger partial charge in [0.15, 0.2) is 0 Å². The summed E-state index contributed by atoms with van der Waals surface area (Å²) < 4.78 is 27.9. The number of esters is 1. The van der Waals surface area contributed by atoms with E-state index in [1.807, 2.05) is 0 Å². The summed E-state index contributed by atoms with van der Waals surface area (Å²) in [5.74, 6) is -2.28. The second kappa shape index (κ2) is 3.84. The van der Waals surface area contributed by atoms with Crippen molar-refractivity contribution < 1.29 is 23.4 Å². The lowest BCUT2D eigenvalue weighted by atomic mass is 10.2. The van der Waals surface area contributed by atoms with Crippen molar-refractivity contribution >= 4 is 5.97 Å². The van der Waals surface area contributed by atoms with E-state index in [1.165, 1.54) is 0 Å². The predicted molar refractivity (Wildman–Crippen MR) is 39.5 cm³/mol. The van der Waals surface area contributed by atoms with E-state index in [9.17, 15) is 13.6 Å². The molecular weight excluding hydrogens is 182 g/mol. The number of aromatic hydroxyl groups is 1. The minimum Gasteiger partial charge on any atom is -0.507 e.